The van der Waals surface area contributed by atoms with Crippen LogP contribution in [-0.4, -0.2) is 33.9 Å². The minimum absolute atomic E-state index is 0.0667. The molecule has 1 heterocycles. The first-order chi connectivity index (χ1) is 10.5. The molecule has 0 spiro atoms. The number of anilines is 1. The molecule has 22 heavy (non-hydrogen) atoms. The Bertz CT molecular complexity index is 836. The molecule has 0 aliphatic carbocycles. The number of hydrogen-bond acceptors (Lipinski definition) is 6. The van der Waals surface area contributed by atoms with Gasteiger partial charge in [-0.1, -0.05) is 5.92 Å². The molecule has 0 aliphatic rings. The number of benzene rings is 1. The molecule has 9 nitrogen and oxygen atoms in total. The average Bonchev–Trinajstić information content (AvgIpc) is 2.50. The number of nitrogens with zero attached hydrogens (tertiary/aromatic N) is 2. The minimum Gasteiger partial charge on any atom is -0.370 e. The van der Waals surface area contributed by atoms with Gasteiger partial charge in [-0.3, -0.25) is 19.7 Å². The van der Waals surface area contributed by atoms with Crippen molar-refractivity contribution in [2.45, 2.75) is 0 Å². The van der Waals surface area contributed by atoms with Gasteiger partial charge in [0.2, 0.25) is 5.91 Å². The first-order valence-corrected chi connectivity index (χ1v) is 6.13. The smallest absolute Gasteiger partial charge is 0.293 e. The van der Waals surface area contributed by atoms with E-state index < -0.39 is 16.4 Å². The van der Waals surface area contributed by atoms with E-state index in [1.807, 2.05) is 0 Å². The van der Waals surface area contributed by atoms with E-state index >= 15 is 0 Å². The second kappa shape index (κ2) is 6.36. The molecule has 1 aromatic heterocycles. The maximum absolute atomic E-state index is 11.6. The topological polar surface area (TPSA) is 130 Å². The van der Waals surface area contributed by atoms with E-state index in [0.717, 1.165) is 6.07 Å². The molecule has 0 fully saturated rings. The van der Waals surface area contributed by atoms with Crippen molar-refractivity contribution in [3.63, 3.8) is 0 Å². The van der Waals surface area contributed by atoms with Gasteiger partial charge in [-0.05, 0) is 6.07 Å². The lowest BCUT2D eigenvalue weighted by molar-refractivity contribution is -0.383. The predicted octanol–water partition coefficient (Wildman–Crippen LogP) is -0.00740. The lowest BCUT2D eigenvalue weighted by Gasteiger charge is -2.08. The van der Waals surface area contributed by atoms with Gasteiger partial charge in [-0.2, -0.15) is 0 Å². The number of carbonyl (C=O) groups is 1. The number of terminal acetylenes is 1. The van der Waals surface area contributed by atoms with Crippen molar-refractivity contribution in [1.29, 1.82) is 0 Å². The van der Waals surface area contributed by atoms with Crippen LogP contribution in [-0.2, 0) is 4.79 Å². The highest BCUT2D eigenvalue weighted by Crippen LogP contribution is 2.27. The Morgan fingerprint density at radius 1 is 1.50 bits per heavy atom. The van der Waals surface area contributed by atoms with Gasteiger partial charge in [-0.15, -0.1) is 6.42 Å². The zero-order chi connectivity index (χ0) is 16.1. The van der Waals surface area contributed by atoms with Crippen LogP contribution < -0.4 is 16.2 Å². The Labute approximate surface area is 123 Å². The van der Waals surface area contributed by atoms with Crippen LogP contribution >= 0.6 is 0 Å². The Kier molecular flexibility index (Phi) is 4.33. The maximum Gasteiger partial charge on any atom is 0.293 e. The van der Waals surface area contributed by atoms with Gasteiger partial charge < -0.3 is 15.6 Å². The summed E-state index contributed by atoms with van der Waals surface area (Å²) in [6.07, 6.45) is 6.20. The molecular weight excluding hydrogens is 290 g/mol. The minimum atomic E-state index is -0.645. The number of carbonyl (C=O) groups excluding carboxylic acids is 1. The van der Waals surface area contributed by atoms with Crippen LogP contribution in [0.4, 0.5) is 11.4 Å². The van der Waals surface area contributed by atoms with E-state index in [1.165, 1.54) is 12.4 Å². The van der Waals surface area contributed by atoms with Crippen molar-refractivity contribution >= 4 is 28.2 Å². The summed E-state index contributed by atoms with van der Waals surface area (Å²) in [4.78, 5) is 39.8. The van der Waals surface area contributed by atoms with Crippen molar-refractivity contribution in [2.24, 2.45) is 0 Å². The number of hydrogen-bond donors (Lipinski definition) is 3. The Balaban J connectivity index is 2.34. The molecule has 9 heteroatoms. The fraction of sp³-hybridized carbons (Fsp3) is 0.154. The molecule has 1 aromatic carbocycles. The van der Waals surface area contributed by atoms with Crippen LogP contribution in [0.1, 0.15) is 0 Å². The summed E-state index contributed by atoms with van der Waals surface area (Å²) in [5, 5.41) is 16.3. The fourth-order valence-corrected chi connectivity index (χ4v) is 1.78. The number of H-pyrrole nitrogens is 1. The van der Waals surface area contributed by atoms with Gasteiger partial charge in [0, 0.05) is 6.07 Å². The molecular formula is C13H11N5O4. The highest BCUT2D eigenvalue weighted by Gasteiger charge is 2.17. The lowest BCUT2D eigenvalue weighted by atomic mass is 10.2. The third-order valence-corrected chi connectivity index (χ3v) is 2.78. The van der Waals surface area contributed by atoms with E-state index in [2.05, 4.69) is 26.5 Å². The molecule has 112 valence electrons. The monoisotopic (exact) mass is 301 g/mol. The van der Waals surface area contributed by atoms with Crippen molar-refractivity contribution in [3.8, 4) is 12.3 Å². The Morgan fingerprint density at radius 3 is 2.95 bits per heavy atom. The number of aromatic amines is 1. The molecule has 2 aromatic rings. The second-order valence-electron chi connectivity index (χ2n) is 4.21. The van der Waals surface area contributed by atoms with Crippen LogP contribution in [0.25, 0.3) is 10.9 Å². The molecule has 2 rings (SSSR count). The van der Waals surface area contributed by atoms with Crippen molar-refractivity contribution in [1.82, 2.24) is 15.3 Å². The number of nitrogens with one attached hydrogen (secondary N) is 3. The van der Waals surface area contributed by atoms with Crippen molar-refractivity contribution < 1.29 is 9.72 Å². The molecule has 0 saturated carbocycles. The predicted molar refractivity (Wildman–Crippen MR) is 79.4 cm³/mol. The number of amides is 1. The largest absolute Gasteiger partial charge is 0.370 e. The summed E-state index contributed by atoms with van der Waals surface area (Å²) in [6, 6.07) is 2.46. The van der Waals surface area contributed by atoms with Crippen LogP contribution in [0.15, 0.2) is 23.3 Å². The summed E-state index contributed by atoms with van der Waals surface area (Å²) in [7, 11) is 0. The fourth-order valence-electron chi connectivity index (χ4n) is 1.78. The first kappa shape index (κ1) is 15.0. The van der Waals surface area contributed by atoms with Crippen LogP contribution in [0.2, 0.25) is 0 Å². The summed E-state index contributed by atoms with van der Waals surface area (Å²) >= 11 is 0. The highest BCUT2D eigenvalue weighted by atomic mass is 16.6. The second-order valence-corrected chi connectivity index (χ2v) is 4.21. The van der Waals surface area contributed by atoms with Gasteiger partial charge in [-0.25, -0.2) is 4.98 Å². The molecule has 0 aliphatic heterocycles. The number of nitro groups is 1. The zero-order valence-corrected chi connectivity index (χ0v) is 11.3. The quantitative estimate of drug-likeness (QED) is 0.404. The molecule has 0 radical (unpaired) electrons. The molecule has 3 N–H and O–H groups in total. The van der Waals surface area contributed by atoms with Gasteiger partial charge in [0.05, 0.1) is 35.2 Å². The van der Waals surface area contributed by atoms with E-state index in [9.17, 15) is 19.7 Å². The zero-order valence-electron chi connectivity index (χ0n) is 11.3. The van der Waals surface area contributed by atoms with Crippen LogP contribution in [0.5, 0.6) is 0 Å². The Morgan fingerprint density at radius 2 is 2.27 bits per heavy atom. The third kappa shape index (κ3) is 3.18. The lowest BCUT2D eigenvalue weighted by Crippen LogP contribution is -2.30. The van der Waals surface area contributed by atoms with Crippen molar-refractivity contribution in [2.75, 3.05) is 18.4 Å². The Hall–Kier alpha value is -3.41. The summed E-state index contributed by atoms with van der Waals surface area (Å²) in [6.45, 7) is -0.130. The van der Waals surface area contributed by atoms with Crippen LogP contribution in [0.3, 0.4) is 0 Å². The van der Waals surface area contributed by atoms with E-state index in [4.69, 9.17) is 6.42 Å². The van der Waals surface area contributed by atoms with E-state index in [-0.39, 0.29) is 35.4 Å². The third-order valence-electron chi connectivity index (χ3n) is 2.78. The summed E-state index contributed by atoms with van der Waals surface area (Å²) in [5.41, 5.74) is -0.436. The number of nitro benzene ring substituents is 1. The standard InChI is InChI=1S/C13H11N5O4/c1-2-3-14-12(19)6-15-10-5-9-8(4-11(10)18(21)22)13(20)17-7-16-9/h1,4-5,7,15H,3,6H2,(H,14,19)(H,16,17,20). The number of aromatic nitrogens is 2. The summed E-state index contributed by atoms with van der Waals surface area (Å²) < 4.78 is 0. The summed E-state index contributed by atoms with van der Waals surface area (Å²) in [5.74, 6) is 1.83. The SMILES string of the molecule is C#CCNC(=O)CNc1cc2nc[nH]c(=O)c2cc1[N+](=O)[O-]. The van der Waals surface area contributed by atoms with Gasteiger partial charge in [0.15, 0.2) is 0 Å². The average molecular weight is 301 g/mol. The van der Waals surface area contributed by atoms with Gasteiger partial charge in [0.25, 0.3) is 11.2 Å². The molecule has 0 saturated heterocycles. The molecule has 0 unspecified atom stereocenters. The normalized spacial score (nSPS) is 9.95. The molecule has 1 amide bonds. The highest BCUT2D eigenvalue weighted by molar-refractivity contribution is 5.88. The van der Waals surface area contributed by atoms with Gasteiger partial charge in [0.1, 0.15) is 5.69 Å². The maximum atomic E-state index is 11.6. The van der Waals surface area contributed by atoms with E-state index in [1.54, 1.807) is 0 Å². The van der Waals surface area contributed by atoms with Crippen LogP contribution in [0, 0.1) is 22.5 Å². The number of rotatable bonds is 5. The molecule has 0 atom stereocenters. The van der Waals surface area contributed by atoms with E-state index in [0.29, 0.717) is 0 Å². The van der Waals surface area contributed by atoms with Crippen molar-refractivity contribution in [3.05, 3.63) is 38.9 Å². The number of fused-ring (bicyclic) bond motifs is 1. The first-order valence-electron chi connectivity index (χ1n) is 6.13. The molecule has 0 bridgehead atoms. The van der Waals surface area contributed by atoms with Gasteiger partial charge >= 0.3 is 0 Å².